The molecule has 1 amide bonds. The molecule has 0 aliphatic carbocycles. The molecule has 0 saturated carbocycles. The van der Waals surface area contributed by atoms with Crippen LogP contribution in [0.15, 0.2) is 52.3 Å². The summed E-state index contributed by atoms with van der Waals surface area (Å²) in [6.07, 6.45) is 1.34. The molecule has 3 aromatic rings. The van der Waals surface area contributed by atoms with Crippen LogP contribution in [-0.4, -0.2) is 71.8 Å². The molecule has 8 nitrogen and oxygen atoms in total. The summed E-state index contributed by atoms with van der Waals surface area (Å²) >= 11 is 1.25. The maximum atomic E-state index is 13.1. The summed E-state index contributed by atoms with van der Waals surface area (Å²) in [5, 5.41) is 0.402. The average molecular weight is 524 g/mol. The standard InChI is InChI=1S/C23H29N3O5S3/c1-17-10-12-18(13-11-17)34(30,31)16-6-9-21(27)26(15-14-25(2)3)23-24-22-19(32-23)7-5-8-20(22)33(4,28)29/h5,7-8,10-13H,6,9,14-16H2,1-4H3. The van der Waals surface area contributed by atoms with Crippen molar-refractivity contribution in [3.05, 3.63) is 48.0 Å². The third-order valence-corrected chi connectivity index (χ3v) is 9.25. The summed E-state index contributed by atoms with van der Waals surface area (Å²) in [7, 11) is -3.20. The summed E-state index contributed by atoms with van der Waals surface area (Å²) in [6, 6.07) is 11.6. The first kappa shape index (κ1) is 26.3. The molecule has 0 fully saturated rings. The lowest BCUT2D eigenvalue weighted by molar-refractivity contribution is -0.118. The van der Waals surface area contributed by atoms with Gasteiger partial charge < -0.3 is 4.90 Å². The smallest absolute Gasteiger partial charge is 0.228 e. The number of carbonyl (C=O) groups excluding carboxylic acids is 1. The van der Waals surface area contributed by atoms with Crippen molar-refractivity contribution in [2.45, 2.75) is 29.6 Å². The molecule has 3 rings (SSSR count). The highest BCUT2D eigenvalue weighted by molar-refractivity contribution is 7.91. The Hall–Kier alpha value is -2.34. The van der Waals surface area contributed by atoms with Gasteiger partial charge >= 0.3 is 0 Å². The lowest BCUT2D eigenvalue weighted by Crippen LogP contribution is -2.36. The van der Waals surface area contributed by atoms with Gasteiger partial charge in [-0.2, -0.15) is 0 Å². The monoisotopic (exact) mass is 523 g/mol. The van der Waals surface area contributed by atoms with Gasteiger partial charge in [-0.15, -0.1) is 0 Å². The van der Waals surface area contributed by atoms with Crippen LogP contribution in [0.2, 0.25) is 0 Å². The maximum Gasteiger partial charge on any atom is 0.228 e. The highest BCUT2D eigenvalue weighted by Crippen LogP contribution is 2.33. The summed E-state index contributed by atoms with van der Waals surface area (Å²) in [5.41, 5.74) is 1.31. The number of aryl methyl sites for hydroxylation is 1. The normalized spacial score (nSPS) is 12.4. The number of hydrogen-bond acceptors (Lipinski definition) is 8. The van der Waals surface area contributed by atoms with Gasteiger partial charge in [-0.25, -0.2) is 21.8 Å². The van der Waals surface area contributed by atoms with E-state index in [4.69, 9.17) is 0 Å². The molecule has 0 spiro atoms. The largest absolute Gasteiger partial charge is 0.308 e. The molecule has 0 aliphatic rings. The molecule has 0 N–H and O–H groups in total. The molecule has 0 unspecified atom stereocenters. The number of thiazole rings is 1. The minimum Gasteiger partial charge on any atom is -0.308 e. The zero-order chi connectivity index (χ0) is 25.1. The van der Waals surface area contributed by atoms with Crippen molar-refractivity contribution in [2.75, 3.05) is 44.1 Å². The molecule has 0 atom stereocenters. The predicted molar refractivity (Wildman–Crippen MR) is 136 cm³/mol. The number of carbonyl (C=O) groups is 1. The molecule has 0 radical (unpaired) electrons. The van der Waals surface area contributed by atoms with Gasteiger partial charge in [0.15, 0.2) is 24.8 Å². The van der Waals surface area contributed by atoms with Gasteiger partial charge in [0, 0.05) is 25.8 Å². The molecule has 184 valence electrons. The van der Waals surface area contributed by atoms with Gasteiger partial charge in [0.2, 0.25) is 5.91 Å². The molecule has 2 aromatic carbocycles. The maximum absolute atomic E-state index is 13.1. The van der Waals surface area contributed by atoms with Crippen molar-refractivity contribution in [3.63, 3.8) is 0 Å². The van der Waals surface area contributed by atoms with Gasteiger partial charge in [0.1, 0.15) is 5.52 Å². The molecule has 0 bridgehead atoms. The Morgan fingerprint density at radius 2 is 1.68 bits per heavy atom. The van der Waals surface area contributed by atoms with E-state index in [1.807, 2.05) is 25.9 Å². The number of benzene rings is 2. The van der Waals surface area contributed by atoms with Crippen LogP contribution < -0.4 is 4.90 Å². The number of para-hydroxylation sites is 1. The van der Waals surface area contributed by atoms with Crippen molar-refractivity contribution in [1.82, 2.24) is 9.88 Å². The van der Waals surface area contributed by atoms with Crippen LogP contribution in [0.5, 0.6) is 0 Å². The fourth-order valence-electron chi connectivity index (χ4n) is 3.37. The van der Waals surface area contributed by atoms with E-state index in [1.165, 1.54) is 22.3 Å². The number of nitrogens with zero attached hydrogens (tertiary/aromatic N) is 3. The fraction of sp³-hybridized carbons (Fsp3) is 0.391. The number of sulfone groups is 2. The molecule has 11 heteroatoms. The highest BCUT2D eigenvalue weighted by atomic mass is 32.2. The number of fused-ring (bicyclic) bond motifs is 1. The van der Waals surface area contributed by atoms with Crippen LogP contribution in [0.1, 0.15) is 18.4 Å². The van der Waals surface area contributed by atoms with E-state index >= 15 is 0 Å². The first-order valence-corrected chi connectivity index (χ1v) is 15.1. The second-order valence-electron chi connectivity index (χ2n) is 8.46. The highest BCUT2D eigenvalue weighted by Gasteiger charge is 2.23. The van der Waals surface area contributed by atoms with Crippen LogP contribution in [0.25, 0.3) is 10.2 Å². The number of amides is 1. The van der Waals surface area contributed by atoms with Crippen molar-refractivity contribution in [3.8, 4) is 0 Å². The lowest BCUT2D eigenvalue weighted by atomic mass is 10.2. The van der Waals surface area contributed by atoms with Gasteiger partial charge in [0.05, 0.1) is 20.2 Å². The summed E-state index contributed by atoms with van der Waals surface area (Å²) in [4.78, 5) is 21.5. The Morgan fingerprint density at radius 3 is 2.29 bits per heavy atom. The number of aromatic nitrogens is 1. The van der Waals surface area contributed by atoms with Crippen LogP contribution in [0.4, 0.5) is 5.13 Å². The number of likely N-dealkylation sites (N-methyl/N-ethyl adjacent to an activating group) is 1. The van der Waals surface area contributed by atoms with Crippen molar-refractivity contribution in [2.24, 2.45) is 0 Å². The minimum absolute atomic E-state index is 0.0351. The third-order valence-electron chi connectivity index (χ3n) is 5.26. The Kier molecular flexibility index (Phi) is 8.12. The van der Waals surface area contributed by atoms with E-state index in [9.17, 15) is 21.6 Å². The van der Waals surface area contributed by atoms with E-state index in [2.05, 4.69) is 4.98 Å². The SMILES string of the molecule is Cc1ccc(S(=O)(=O)CCCC(=O)N(CCN(C)C)c2nc3c(S(C)(=O)=O)cccc3s2)cc1. The van der Waals surface area contributed by atoms with Gasteiger partial charge in [0.25, 0.3) is 0 Å². The van der Waals surface area contributed by atoms with E-state index in [0.717, 1.165) is 11.8 Å². The van der Waals surface area contributed by atoms with E-state index < -0.39 is 19.7 Å². The zero-order valence-electron chi connectivity index (χ0n) is 19.7. The quantitative estimate of drug-likeness (QED) is 0.402. The van der Waals surface area contributed by atoms with E-state index in [-0.39, 0.29) is 34.3 Å². The topological polar surface area (TPSA) is 105 Å². The molecule has 1 heterocycles. The zero-order valence-corrected chi connectivity index (χ0v) is 22.1. The Labute approximate surface area is 205 Å². The van der Waals surface area contributed by atoms with Gasteiger partial charge in [-0.05, 0) is 51.7 Å². The van der Waals surface area contributed by atoms with Crippen LogP contribution >= 0.6 is 11.3 Å². The van der Waals surface area contributed by atoms with Crippen molar-refractivity contribution in [1.29, 1.82) is 0 Å². The average Bonchev–Trinajstić information content (AvgIpc) is 3.16. The van der Waals surface area contributed by atoms with Gasteiger partial charge in [-0.3, -0.25) is 9.69 Å². The first-order valence-electron chi connectivity index (χ1n) is 10.7. The van der Waals surface area contributed by atoms with E-state index in [0.29, 0.717) is 28.4 Å². The second kappa shape index (κ2) is 10.5. The summed E-state index contributed by atoms with van der Waals surface area (Å²) in [5.74, 6) is -0.387. The Bertz CT molecular complexity index is 1380. The number of hydrogen-bond donors (Lipinski definition) is 0. The Morgan fingerprint density at radius 1 is 1.00 bits per heavy atom. The molecular weight excluding hydrogens is 494 g/mol. The summed E-state index contributed by atoms with van der Waals surface area (Å²) < 4.78 is 50.3. The second-order valence-corrected chi connectivity index (χ2v) is 13.6. The molecule has 1 aromatic heterocycles. The fourth-order valence-corrected chi connectivity index (χ4v) is 6.61. The predicted octanol–water partition coefficient (Wildman–Crippen LogP) is 3.16. The first-order chi connectivity index (χ1) is 15.9. The van der Waals surface area contributed by atoms with Crippen LogP contribution in [0, 0.1) is 6.92 Å². The third kappa shape index (κ3) is 6.41. The van der Waals surface area contributed by atoms with Crippen LogP contribution in [-0.2, 0) is 24.5 Å². The van der Waals surface area contributed by atoms with Crippen LogP contribution in [0.3, 0.4) is 0 Å². The molecule has 34 heavy (non-hydrogen) atoms. The molecule has 0 saturated heterocycles. The summed E-state index contributed by atoms with van der Waals surface area (Å²) in [6.45, 7) is 2.81. The Balaban J connectivity index is 1.81. The minimum atomic E-state index is -3.49. The van der Waals surface area contributed by atoms with E-state index in [1.54, 1.807) is 36.4 Å². The number of rotatable bonds is 10. The molecule has 0 aliphatic heterocycles. The molecular formula is C23H29N3O5S3. The number of anilines is 1. The van der Waals surface area contributed by atoms with Crippen molar-refractivity contribution >= 4 is 52.3 Å². The van der Waals surface area contributed by atoms with Gasteiger partial charge in [-0.1, -0.05) is 35.1 Å². The lowest BCUT2D eigenvalue weighted by Gasteiger charge is -2.22. The van der Waals surface area contributed by atoms with Crippen molar-refractivity contribution < 1.29 is 21.6 Å².